The van der Waals surface area contributed by atoms with Gasteiger partial charge in [0.05, 0.1) is 11.4 Å². The van der Waals surface area contributed by atoms with E-state index in [2.05, 4.69) is 6.58 Å². The predicted molar refractivity (Wildman–Crippen MR) is 111 cm³/mol. The van der Waals surface area contributed by atoms with E-state index in [4.69, 9.17) is 21.6 Å². The van der Waals surface area contributed by atoms with Gasteiger partial charge in [-0.15, -0.1) is 0 Å². The lowest BCUT2D eigenvalue weighted by atomic mass is 10.1. The molecule has 3 aromatic rings. The van der Waals surface area contributed by atoms with Gasteiger partial charge < -0.3 is 0 Å². The van der Waals surface area contributed by atoms with Crippen LogP contribution in [0.25, 0.3) is 28.1 Å². The molecule has 0 aliphatic heterocycles. The van der Waals surface area contributed by atoms with Crippen LogP contribution in [0.5, 0.6) is 0 Å². The molecule has 0 atom stereocenters. The molecular weight excluding hydrogens is 340 g/mol. The molecule has 0 unspecified atom stereocenters. The minimum atomic E-state index is 0.634. The van der Waals surface area contributed by atoms with Gasteiger partial charge in [-0.05, 0) is 25.1 Å². The SMILES string of the molecule is C=C/C(=C\C=C/C)c1nc(-c2ccccc2)cc(-c2cccc(Cl)c2)n1. The normalized spacial score (nSPS) is 11.7. The van der Waals surface area contributed by atoms with Crippen LogP contribution in [0, 0.1) is 0 Å². The van der Waals surface area contributed by atoms with E-state index in [1.54, 1.807) is 6.08 Å². The summed E-state index contributed by atoms with van der Waals surface area (Å²) >= 11 is 6.17. The van der Waals surface area contributed by atoms with Crippen LogP contribution >= 0.6 is 11.6 Å². The summed E-state index contributed by atoms with van der Waals surface area (Å²) in [7, 11) is 0. The second kappa shape index (κ2) is 8.41. The Labute approximate surface area is 159 Å². The van der Waals surface area contributed by atoms with E-state index in [1.165, 1.54) is 0 Å². The third kappa shape index (κ3) is 4.16. The van der Waals surface area contributed by atoms with Crippen molar-refractivity contribution in [3.8, 4) is 22.5 Å². The minimum Gasteiger partial charge on any atom is -0.228 e. The fourth-order valence-corrected chi connectivity index (χ4v) is 2.75. The van der Waals surface area contributed by atoms with Crippen molar-refractivity contribution < 1.29 is 0 Å². The summed E-state index contributed by atoms with van der Waals surface area (Å²) in [6.45, 7) is 5.87. The van der Waals surface area contributed by atoms with Gasteiger partial charge in [0.15, 0.2) is 5.82 Å². The van der Waals surface area contributed by atoms with Crippen molar-refractivity contribution in [2.75, 3.05) is 0 Å². The van der Waals surface area contributed by atoms with E-state index >= 15 is 0 Å². The predicted octanol–water partition coefficient (Wildman–Crippen LogP) is 6.61. The summed E-state index contributed by atoms with van der Waals surface area (Å²) in [5.41, 5.74) is 4.54. The summed E-state index contributed by atoms with van der Waals surface area (Å²) < 4.78 is 0. The van der Waals surface area contributed by atoms with Crippen LogP contribution in [0.1, 0.15) is 12.7 Å². The number of allylic oxidation sites excluding steroid dienone is 5. The molecule has 0 aliphatic rings. The number of rotatable bonds is 5. The highest BCUT2D eigenvalue weighted by molar-refractivity contribution is 6.30. The van der Waals surface area contributed by atoms with Crippen LogP contribution in [-0.2, 0) is 0 Å². The van der Waals surface area contributed by atoms with Crippen LogP contribution in [0.2, 0.25) is 5.02 Å². The van der Waals surface area contributed by atoms with Crippen molar-refractivity contribution in [3.63, 3.8) is 0 Å². The highest BCUT2D eigenvalue weighted by Gasteiger charge is 2.10. The number of halogens is 1. The van der Waals surface area contributed by atoms with Crippen LogP contribution in [-0.4, -0.2) is 9.97 Å². The fourth-order valence-electron chi connectivity index (χ4n) is 2.56. The Kier molecular flexibility index (Phi) is 5.77. The maximum atomic E-state index is 6.17. The molecule has 26 heavy (non-hydrogen) atoms. The van der Waals surface area contributed by atoms with Gasteiger partial charge in [0.2, 0.25) is 0 Å². The van der Waals surface area contributed by atoms with Gasteiger partial charge in [-0.2, -0.15) is 0 Å². The van der Waals surface area contributed by atoms with E-state index in [-0.39, 0.29) is 0 Å². The number of aromatic nitrogens is 2. The molecule has 0 saturated carbocycles. The summed E-state index contributed by atoms with van der Waals surface area (Å²) in [5, 5.41) is 0.678. The maximum absolute atomic E-state index is 6.17. The highest BCUT2D eigenvalue weighted by atomic mass is 35.5. The molecule has 1 heterocycles. The lowest BCUT2D eigenvalue weighted by Crippen LogP contribution is -1.98. The second-order valence-electron chi connectivity index (χ2n) is 5.69. The van der Waals surface area contributed by atoms with Crippen molar-refractivity contribution in [3.05, 3.63) is 102 Å². The molecule has 0 spiro atoms. The van der Waals surface area contributed by atoms with E-state index in [1.807, 2.05) is 85.8 Å². The highest BCUT2D eigenvalue weighted by Crippen LogP contribution is 2.27. The number of hydrogen-bond donors (Lipinski definition) is 0. The van der Waals surface area contributed by atoms with E-state index < -0.39 is 0 Å². The van der Waals surface area contributed by atoms with Gasteiger partial charge in [0.25, 0.3) is 0 Å². The van der Waals surface area contributed by atoms with E-state index in [0.717, 1.165) is 28.1 Å². The molecule has 2 nitrogen and oxygen atoms in total. The Morgan fingerprint density at radius 3 is 2.27 bits per heavy atom. The molecule has 0 N–H and O–H groups in total. The van der Waals surface area contributed by atoms with Gasteiger partial charge in [0, 0.05) is 21.7 Å². The molecule has 3 rings (SSSR count). The molecule has 0 amide bonds. The molecule has 0 fully saturated rings. The van der Waals surface area contributed by atoms with Crippen LogP contribution in [0.3, 0.4) is 0 Å². The Morgan fingerprint density at radius 1 is 0.923 bits per heavy atom. The number of benzene rings is 2. The first-order chi connectivity index (χ1) is 12.7. The van der Waals surface area contributed by atoms with Crippen molar-refractivity contribution >= 4 is 17.2 Å². The Balaban J connectivity index is 2.21. The van der Waals surface area contributed by atoms with Crippen molar-refractivity contribution in [2.45, 2.75) is 6.92 Å². The number of hydrogen-bond acceptors (Lipinski definition) is 2. The molecule has 3 heteroatoms. The summed E-state index contributed by atoms with van der Waals surface area (Å²) in [4.78, 5) is 9.51. The van der Waals surface area contributed by atoms with Gasteiger partial charge in [0.1, 0.15) is 0 Å². The molecule has 0 saturated heterocycles. The fraction of sp³-hybridized carbons (Fsp3) is 0.0435. The Hall–Kier alpha value is -2.97. The molecule has 0 bridgehead atoms. The first-order valence-corrected chi connectivity index (χ1v) is 8.75. The first-order valence-electron chi connectivity index (χ1n) is 8.37. The van der Waals surface area contributed by atoms with Gasteiger partial charge in [-0.3, -0.25) is 0 Å². The van der Waals surface area contributed by atoms with E-state index in [9.17, 15) is 0 Å². The third-order valence-corrected chi connectivity index (χ3v) is 4.10. The van der Waals surface area contributed by atoms with Gasteiger partial charge in [-0.25, -0.2) is 9.97 Å². The molecular formula is C23H19ClN2. The van der Waals surface area contributed by atoms with Crippen LogP contribution < -0.4 is 0 Å². The van der Waals surface area contributed by atoms with Gasteiger partial charge >= 0.3 is 0 Å². The summed E-state index contributed by atoms with van der Waals surface area (Å²) in [5.74, 6) is 0.634. The smallest absolute Gasteiger partial charge is 0.160 e. The van der Waals surface area contributed by atoms with Crippen molar-refractivity contribution in [2.24, 2.45) is 0 Å². The van der Waals surface area contributed by atoms with Crippen LogP contribution in [0.4, 0.5) is 0 Å². The average Bonchev–Trinajstić information content (AvgIpc) is 2.69. The lowest BCUT2D eigenvalue weighted by Gasteiger charge is -2.09. The molecule has 2 aromatic carbocycles. The minimum absolute atomic E-state index is 0.634. The van der Waals surface area contributed by atoms with Gasteiger partial charge in [-0.1, -0.05) is 84.9 Å². The molecule has 128 valence electrons. The van der Waals surface area contributed by atoms with Crippen LogP contribution in [0.15, 0.2) is 91.5 Å². The standard InChI is InChI=1S/C23H19ClN2/c1-3-5-10-17(4-2)23-25-21(18-11-7-6-8-12-18)16-22(26-23)19-13-9-14-20(24)15-19/h3-16H,2H2,1H3/b5-3-,17-10+. The summed E-state index contributed by atoms with van der Waals surface area (Å²) in [6, 6.07) is 19.7. The zero-order chi connectivity index (χ0) is 18.4. The number of nitrogens with zero attached hydrogens (tertiary/aromatic N) is 2. The molecule has 0 radical (unpaired) electrons. The topological polar surface area (TPSA) is 25.8 Å². The Bertz CT molecular complexity index is 973. The maximum Gasteiger partial charge on any atom is 0.160 e. The average molecular weight is 359 g/mol. The third-order valence-electron chi connectivity index (χ3n) is 3.86. The quantitative estimate of drug-likeness (QED) is 0.479. The lowest BCUT2D eigenvalue weighted by molar-refractivity contribution is 1.13. The zero-order valence-electron chi connectivity index (χ0n) is 14.6. The zero-order valence-corrected chi connectivity index (χ0v) is 15.3. The monoisotopic (exact) mass is 358 g/mol. The first kappa shape index (κ1) is 17.8. The van der Waals surface area contributed by atoms with Crippen molar-refractivity contribution in [1.29, 1.82) is 0 Å². The van der Waals surface area contributed by atoms with E-state index in [0.29, 0.717) is 10.8 Å². The Morgan fingerprint density at radius 2 is 1.62 bits per heavy atom. The largest absolute Gasteiger partial charge is 0.228 e. The van der Waals surface area contributed by atoms with Crippen molar-refractivity contribution in [1.82, 2.24) is 9.97 Å². The second-order valence-corrected chi connectivity index (χ2v) is 6.13. The molecule has 0 aliphatic carbocycles. The summed E-state index contributed by atoms with van der Waals surface area (Å²) in [6.07, 6.45) is 7.64. The molecule has 1 aromatic heterocycles.